The Labute approximate surface area is 108 Å². The summed E-state index contributed by atoms with van der Waals surface area (Å²) < 4.78 is 3.48. The topological polar surface area (TPSA) is 4.93 Å². The monoisotopic (exact) mass is 319 g/mol. The van der Waals surface area contributed by atoms with E-state index in [-0.39, 0.29) is 0 Å². The van der Waals surface area contributed by atoms with E-state index < -0.39 is 0 Å². The highest BCUT2D eigenvalue weighted by Gasteiger charge is 2.02. The van der Waals surface area contributed by atoms with Crippen molar-refractivity contribution in [2.45, 2.75) is 0 Å². The standard InChI is InChI=1S/C14H10IN/c15-12-7-6-11-8-9-16(14(11)10-12)13-4-2-1-3-5-13/h1-10H. The van der Waals surface area contributed by atoms with Crippen LogP contribution in [0.1, 0.15) is 0 Å². The molecule has 3 aromatic rings. The number of hydrogen-bond acceptors (Lipinski definition) is 0. The lowest BCUT2D eigenvalue weighted by molar-refractivity contribution is 1.13. The third-order valence-electron chi connectivity index (χ3n) is 2.69. The zero-order chi connectivity index (χ0) is 11.0. The molecule has 0 atom stereocenters. The van der Waals surface area contributed by atoms with Crippen LogP contribution in [0.4, 0.5) is 0 Å². The molecule has 0 saturated heterocycles. The van der Waals surface area contributed by atoms with Crippen molar-refractivity contribution in [3.8, 4) is 5.69 Å². The normalized spacial score (nSPS) is 10.8. The predicted octanol–water partition coefficient (Wildman–Crippen LogP) is 4.24. The zero-order valence-corrected chi connectivity index (χ0v) is 10.8. The number of fused-ring (bicyclic) bond motifs is 1. The Morgan fingerprint density at radius 2 is 1.69 bits per heavy atom. The summed E-state index contributed by atoms with van der Waals surface area (Å²) in [6.07, 6.45) is 2.12. The summed E-state index contributed by atoms with van der Waals surface area (Å²) in [6, 6.07) is 19.1. The molecule has 0 aliphatic carbocycles. The highest BCUT2D eigenvalue weighted by Crippen LogP contribution is 2.22. The van der Waals surface area contributed by atoms with Crippen LogP contribution in [0.3, 0.4) is 0 Å². The molecule has 1 aromatic heterocycles. The molecule has 78 valence electrons. The molecule has 1 nitrogen and oxygen atoms in total. The van der Waals surface area contributed by atoms with E-state index in [2.05, 4.69) is 81.9 Å². The van der Waals surface area contributed by atoms with Crippen molar-refractivity contribution in [1.29, 1.82) is 0 Å². The van der Waals surface area contributed by atoms with Crippen LogP contribution in [0.2, 0.25) is 0 Å². The number of para-hydroxylation sites is 1. The summed E-state index contributed by atoms with van der Waals surface area (Å²) in [4.78, 5) is 0. The summed E-state index contributed by atoms with van der Waals surface area (Å²) in [5.74, 6) is 0. The van der Waals surface area contributed by atoms with E-state index in [0.717, 1.165) is 0 Å². The summed E-state index contributed by atoms with van der Waals surface area (Å²) >= 11 is 2.35. The van der Waals surface area contributed by atoms with Crippen LogP contribution < -0.4 is 0 Å². The van der Waals surface area contributed by atoms with E-state index in [1.54, 1.807) is 0 Å². The number of nitrogens with zero attached hydrogens (tertiary/aromatic N) is 1. The number of benzene rings is 2. The second kappa shape index (κ2) is 3.94. The van der Waals surface area contributed by atoms with Gasteiger partial charge < -0.3 is 4.57 Å². The molecule has 0 aliphatic heterocycles. The number of aromatic nitrogens is 1. The van der Waals surface area contributed by atoms with Gasteiger partial charge in [-0.2, -0.15) is 0 Å². The van der Waals surface area contributed by atoms with Gasteiger partial charge in [0, 0.05) is 20.8 Å². The maximum absolute atomic E-state index is 2.35. The Morgan fingerprint density at radius 1 is 0.875 bits per heavy atom. The molecular weight excluding hydrogens is 309 g/mol. The van der Waals surface area contributed by atoms with E-state index in [0.29, 0.717) is 0 Å². The molecule has 0 bridgehead atoms. The third kappa shape index (κ3) is 1.63. The van der Waals surface area contributed by atoms with Crippen molar-refractivity contribution in [1.82, 2.24) is 4.57 Å². The minimum absolute atomic E-state index is 1.21. The second-order valence-electron chi connectivity index (χ2n) is 3.72. The number of hydrogen-bond donors (Lipinski definition) is 0. The van der Waals surface area contributed by atoms with Crippen LogP contribution >= 0.6 is 22.6 Å². The Hall–Kier alpha value is -1.29. The van der Waals surface area contributed by atoms with Crippen LogP contribution in [0.25, 0.3) is 16.6 Å². The van der Waals surface area contributed by atoms with E-state index in [1.165, 1.54) is 20.2 Å². The summed E-state index contributed by atoms with van der Waals surface area (Å²) in [5, 5.41) is 1.28. The number of halogens is 1. The minimum Gasteiger partial charge on any atom is -0.317 e. The SMILES string of the molecule is Ic1ccc2ccn(-c3ccccc3)c2c1. The molecule has 3 rings (SSSR count). The lowest BCUT2D eigenvalue weighted by Gasteiger charge is -2.05. The largest absolute Gasteiger partial charge is 0.317 e. The second-order valence-corrected chi connectivity index (χ2v) is 4.97. The van der Waals surface area contributed by atoms with Gasteiger partial charge in [0.05, 0.1) is 5.52 Å². The van der Waals surface area contributed by atoms with Gasteiger partial charge in [-0.25, -0.2) is 0 Å². The van der Waals surface area contributed by atoms with Crippen LogP contribution in [-0.2, 0) is 0 Å². The molecule has 0 saturated carbocycles. The predicted molar refractivity (Wildman–Crippen MR) is 76.0 cm³/mol. The van der Waals surface area contributed by atoms with Gasteiger partial charge >= 0.3 is 0 Å². The molecule has 2 heteroatoms. The van der Waals surface area contributed by atoms with Gasteiger partial charge in [-0.3, -0.25) is 0 Å². The quantitative estimate of drug-likeness (QED) is 0.592. The van der Waals surface area contributed by atoms with Crippen molar-refractivity contribution in [3.05, 3.63) is 64.4 Å². The third-order valence-corrected chi connectivity index (χ3v) is 3.36. The van der Waals surface area contributed by atoms with Gasteiger partial charge in [-0.15, -0.1) is 0 Å². The lowest BCUT2D eigenvalue weighted by Crippen LogP contribution is -1.90. The summed E-state index contributed by atoms with van der Waals surface area (Å²) in [7, 11) is 0. The van der Waals surface area contributed by atoms with E-state index >= 15 is 0 Å². The summed E-state index contributed by atoms with van der Waals surface area (Å²) in [6.45, 7) is 0. The van der Waals surface area contributed by atoms with Crippen molar-refractivity contribution in [3.63, 3.8) is 0 Å². The molecule has 0 amide bonds. The van der Waals surface area contributed by atoms with E-state index in [1.807, 2.05) is 6.07 Å². The molecule has 0 fully saturated rings. The first kappa shape index (κ1) is 9.90. The van der Waals surface area contributed by atoms with Gasteiger partial charge in [-0.1, -0.05) is 24.3 Å². The minimum atomic E-state index is 1.21. The van der Waals surface area contributed by atoms with Crippen LogP contribution in [-0.4, -0.2) is 4.57 Å². The molecule has 0 unspecified atom stereocenters. The Bertz CT molecular complexity index is 626. The van der Waals surface area contributed by atoms with E-state index in [4.69, 9.17) is 0 Å². The first-order chi connectivity index (χ1) is 7.84. The lowest BCUT2D eigenvalue weighted by atomic mass is 10.2. The van der Waals surface area contributed by atoms with Crippen molar-refractivity contribution >= 4 is 33.5 Å². The molecule has 0 radical (unpaired) electrons. The molecule has 1 heterocycles. The van der Waals surface area contributed by atoms with Crippen molar-refractivity contribution in [2.75, 3.05) is 0 Å². The smallest absolute Gasteiger partial charge is 0.0538 e. The average molecular weight is 319 g/mol. The van der Waals surface area contributed by atoms with E-state index in [9.17, 15) is 0 Å². The highest BCUT2D eigenvalue weighted by atomic mass is 127. The van der Waals surface area contributed by atoms with Crippen LogP contribution in [0, 0.1) is 3.57 Å². The Kier molecular flexibility index (Phi) is 2.44. The van der Waals surface area contributed by atoms with Gasteiger partial charge in [-0.05, 0) is 52.9 Å². The Morgan fingerprint density at radius 3 is 2.50 bits per heavy atom. The zero-order valence-electron chi connectivity index (χ0n) is 8.60. The molecule has 0 N–H and O–H groups in total. The van der Waals surface area contributed by atoms with Crippen molar-refractivity contribution < 1.29 is 0 Å². The molecule has 0 aliphatic rings. The number of rotatable bonds is 1. The molecule has 0 spiro atoms. The Balaban J connectivity index is 2.29. The van der Waals surface area contributed by atoms with Crippen LogP contribution in [0.5, 0.6) is 0 Å². The molecular formula is C14H10IN. The van der Waals surface area contributed by atoms with Gasteiger partial charge in [0.15, 0.2) is 0 Å². The maximum Gasteiger partial charge on any atom is 0.0538 e. The van der Waals surface area contributed by atoms with Crippen LogP contribution in [0.15, 0.2) is 60.8 Å². The molecule has 2 aromatic carbocycles. The van der Waals surface area contributed by atoms with Gasteiger partial charge in [0.25, 0.3) is 0 Å². The fourth-order valence-electron chi connectivity index (χ4n) is 1.92. The first-order valence-corrected chi connectivity index (χ1v) is 6.24. The van der Waals surface area contributed by atoms with Gasteiger partial charge in [0.2, 0.25) is 0 Å². The first-order valence-electron chi connectivity index (χ1n) is 5.17. The summed E-state index contributed by atoms with van der Waals surface area (Å²) in [5.41, 5.74) is 2.47. The molecule has 16 heavy (non-hydrogen) atoms. The fraction of sp³-hybridized carbons (Fsp3) is 0. The average Bonchev–Trinajstić information content (AvgIpc) is 2.73. The highest BCUT2D eigenvalue weighted by molar-refractivity contribution is 14.1. The maximum atomic E-state index is 2.35. The van der Waals surface area contributed by atoms with Crippen molar-refractivity contribution in [2.24, 2.45) is 0 Å². The van der Waals surface area contributed by atoms with Gasteiger partial charge in [0.1, 0.15) is 0 Å². The fourth-order valence-corrected chi connectivity index (χ4v) is 2.39.